The Labute approximate surface area is 167 Å². The van der Waals surface area contributed by atoms with Gasteiger partial charge in [0, 0.05) is 48.0 Å². The van der Waals surface area contributed by atoms with Crippen molar-refractivity contribution in [2.45, 2.75) is 43.3 Å². The van der Waals surface area contributed by atoms with Crippen molar-refractivity contribution < 1.29 is 27.1 Å². The maximum absolute atomic E-state index is 14.6. The number of rotatable bonds is 2. The molecule has 0 spiro atoms. The number of thiophene rings is 1. The van der Waals surface area contributed by atoms with Crippen LogP contribution in [0.5, 0.6) is 0 Å². The van der Waals surface area contributed by atoms with Crippen molar-refractivity contribution in [1.82, 2.24) is 15.5 Å². The molecule has 0 unspecified atom stereocenters. The Morgan fingerprint density at radius 3 is 2.79 bits per heavy atom. The lowest BCUT2D eigenvalue weighted by atomic mass is 9.96. The molecule has 5 heterocycles. The molecule has 2 atom stereocenters. The summed E-state index contributed by atoms with van der Waals surface area (Å²) in [4.78, 5) is 15.3. The topological polar surface area (TPSA) is 70.2 Å². The Balaban J connectivity index is 1.54. The van der Waals surface area contributed by atoms with Gasteiger partial charge in [-0.25, -0.2) is 17.6 Å². The summed E-state index contributed by atoms with van der Waals surface area (Å²) in [6.07, 6.45) is 0.796. The van der Waals surface area contributed by atoms with Crippen LogP contribution in [0.2, 0.25) is 0 Å². The number of H-pyrrole nitrogens is 1. The van der Waals surface area contributed by atoms with Crippen LogP contribution in [0.3, 0.4) is 0 Å². The molecule has 2 aromatic rings. The number of nitrogens with one attached hydrogen (secondary N) is 2. The number of alkyl halides is 4. The summed E-state index contributed by atoms with van der Waals surface area (Å²) in [6.45, 7) is -0.704. The van der Waals surface area contributed by atoms with E-state index in [1.54, 1.807) is 6.20 Å². The minimum Gasteiger partial charge on any atom is -0.376 e. The number of aromatic nitrogens is 2. The maximum atomic E-state index is 14.6. The lowest BCUT2D eigenvalue weighted by Crippen LogP contribution is -2.54. The van der Waals surface area contributed by atoms with E-state index in [0.29, 0.717) is 26.6 Å². The minimum absolute atomic E-state index is 0.0103. The van der Waals surface area contributed by atoms with Gasteiger partial charge < -0.3 is 15.0 Å². The van der Waals surface area contributed by atoms with Gasteiger partial charge in [-0.1, -0.05) is 0 Å². The molecule has 29 heavy (non-hydrogen) atoms. The summed E-state index contributed by atoms with van der Waals surface area (Å²) in [7, 11) is 0. The van der Waals surface area contributed by atoms with Crippen molar-refractivity contribution in [3.05, 3.63) is 22.8 Å². The highest BCUT2D eigenvalue weighted by molar-refractivity contribution is 7.18. The van der Waals surface area contributed by atoms with Crippen molar-refractivity contribution in [3.63, 3.8) is 0 Å². The summed E-state index contributed by atoms with van der Waals surface area (Å²) in [5, 5.41) is 9.28. The Kier molecular flexibility index (Phi) is 4.18. The van der Waals surface area contributed by atoms with Crippen molar-refractivity contribution in [1.29, 1.82) is 0 Å². The molecule has 0 saturated carbocycles. The standard InChI is InChI=1S/C18H18F4N4O2S/c19-17(20)1-2-28-12(4-17)11-7-26-8-18(21,22)3-10-13(26)15(16(27)25-11)29-14(10)9-5-23-24-6-9/h5-6,11-12H,1-4,7-8H2,(H,23,24)(H,25,27)/t11-,12+/m1/s1. The van der Waals surface area contributed by atoms with Crippen LogP contribution in [0, 0.1) is 0 Å². The summed E-state index contributed by atoms with van der Waals surface area (Å²) in [5.74, 6) is -6.34. The first kappa shape index (κ1) is 18.9. The largest absolute Gasteiger partial charge is 0.376 e. The second-order valence-electron chi connectivity index (χ2n) is 7.79. The van der Waals surface area contributed by atoms with E-state index in [0.717, 1.165) is 11.3 Å². The van der Waals surface area contributed by atoms with Gasteiger partial charge in [0.2, 0.25) is 0 Å². The van der Waals surface area contributed by atoms with Crippen LogP contribution in [-0.2, 0) is 11.2 Å². The van der Waals surface area contributed by atoms with E-state index in [1.165, 1.54) is 11.1 Å². The molecule has 11 heteroatoms. The lowest BCUT2D eigenvalue weighted by molar-refractivity contribution is -0.134. The summed E-state index contributed by atoms with van der Waals surface area (Å²) >= 11 is 1.12. The Hall–Kier alpha value is -2.14. The lowest BCUT2D eigenvalue weighted by Gasteiger charge is -2.39. The summed E-state index contributed by atoms with van der Waals surface area (Å²) in [5.41, 5.74) is 1.50. The molecule has 156 valence electrons. The van der Waals surface area contributed by atoms with Gasteiger partial charge in [0.15, 0.2) is 0 Å². The number of halogens is 4. The van der Waals surface area contributed by atoms with Gasteiger partial charge in [0.25, 0.3) is 17.8 Å². The molecule has 5 rings (SSSR count). The Morgan fingerprint density at radius 1 is 1.24 bits per heavy atom. The zero-order chi connectivity index (χ0) is 20.4. The van der Waals surface area contributed by atoms with Crippen LogP contribution in [0.15, 0.2) is 12.4 Å². The van der Waals surface area contributed by atoms with Crippen LogP contribution >= 0.6 is 11.3 Å². The number of nitrogens with zero attached hydrogens (tertiary/aromatic N) is 2. The third-order valence-electron chi connectivity index (χ3n) is 5.60. The number of amides is 1. The zero-order valence-corrected chi connectivity index (χ0v) is 16.0. The predicted octanol–water partition coefficient (Wildman–Crippen LogP) is 3.06. The van der Waals surface area contributed by atoms with Gasteiger partial charge in [0.05, 0.1) is 37.2 Å². The quantitative estimate of drug-likeness (QED) is 0.719. The monoisotopic (exact) mass is 430 g/mol. The number of hydrogen-bond acceptors (Lipinski definition) is 5. The van der Waals surface area contributed by atoms with Gasteiger partial charge in [-0.15, -0.1) is 11.3 Å². The van der Waals surface area contributed by atoms with E-state index >= 15 is 0 Å². The average molecular weight is 430 g/mol. The van der Waals surface area contributed by atoms with Crippen molar-refractivity contribution in [2.75, 3.05) is 24.6 Å². The van der Waals surface area contributed by atoms with Crippen molar-refractivity contribution in [3.8, 4) is 10.4 Å². The van der Waals surface area contributed by atoms with Crippen LogP contribution in [0.25, 0.3) is 10.4 Å². The molecule has 2 aromatic heterocycles. The molecule has 0 radical (unpaired) electrons. The summed E-state index contributed by atoms with van der Waals surface area (Å²) < 4.78 is 62.4. The molecule has 0 aliphatic carbocycles. The normalized spacial score (nSPS) is 27.9. The molecule has 1 fully saturated rings. The third kappa shape index (κ3) is 3.29. The SMILES string of the molecule is O=C1N[C@@H]([C@@H]2CC(F)(F)CCO2)CN2CC(F)(F)Cc3c(-c4cn[nH]c4)sc1c32. The predicted molar refractivity (Wildman–Crippen MR) is 97.9 cm³/mol. The minimum atomic E-state index is -3.00. The van der Waals surface area contributed by atoms with Gasteiger partial charge in [-0.05, 0) is 0 Å². The van der Waals surface area contributed by atoms with Crippen LogP contribution in [-0.4, -0.2) is 59.8 Å². The molecule has 0 aromatic carbocycles. The second kappa shape index (κ2) is 6.43. The van der Waals surface area contributed by atoms with E-state index in [4.69, 9.17) is 4.74 Å². The molecule has 1 amide bonds. The second-order valence-corrected chi connectivity index (χ2v) is 8.81. The van der Waals surface area contributed by atoms with Crippen LogP contribution < -0.4 is 10.2 Å². The number of carbonyl (C=O) groups is 1. The first-order valence-corrected chi connectivity index (χ1v) is 10.1. The first-order chi connectivity index (χ1) is 13.7. The van der Waals surface area contributed by atoms with E-state index in [1.807, 2.05) is 0 Å². The number of ether oxygens (including phenoxy) is 1. The van der Waals surface area contributed by atoms with E-state index < -0.39 is 49.3 Å². The highest BCUT2D eigenvalue weighted by Gasteiger charge is 2.48. The van der Waals surface area contributed by atoms with Crippen LogP contribution in [0.4, 0.5) is 23.2 Å². The van der Waals surface area contributed by atoms with Crippen LogP contribution in [0.1, 0.15) is 28.1 Å². The van der Waals surface area contributed by atoms with E-state index in [-0.39, 0.29) is 19.6 Å². The number of aromatic amines is 1. The fraction of sp³-hybridized carbons (Fsp3) is 0.556. The number of carbonyl (C=O) groups excluding carboxylic acids is 1. The molecular formula is C18H18F4N4O2S. The van der Waals surface area contributed by atoms with Gasteiger partial charge in [-0.2, -0.15) is 5.10 Å². The fourth-order valence-electron chi connectivity index (χ4n) is 4.35. The van der Waals surface area contributed by atoms with Gasteiger partial charge in [-0.3, -0.25) is 9.89 Å². The zero-order valence-electron chi connectivity index (χ0n) is 15.2. The van der Waals surface area contributed by atoms with Gasteiger partial charge in [0.1, 0.15) is 4.88 Å². The van der Waals surface area contributed by atoms with E-state index in [9.17, 15) is 22.4 Å². The Bertz CT molecular complexity index is 946. The highest BCUT2D eigenvalue weighted by atomic mass is 32.1. The third-order valence-corrected chi connectivity index (χ3v) is 6.87. The molecule has 2 N–H and O–H groups in total. The van der Waals surface area contributed by atoms with Crippen molar-refractivity contribution in [2.24, 2.45) is 0 Å². The molecule has 3 aliphatic rings. The average Bonchev–Trinajstić information content (AvgIpc) is 3.23. The molecular weight excluding hydrogens is 412 g/mol. The van der Waals surface area contributed by atoms with Gasteiger partial charge >= 0.3 is 0 Å². The molecule has 6 nitrogen and oxygen atoms in total. The molecule has 3 aliphatic heterocycles. The maximum Gasteiger partial charge on any atom is 0.269 e. The fourth-order valence-corrected chi connectivity index (χ4v) is 5.57. The summed E-state index contributed by atoms with van der Waals surface area (Å²) in [6, 6.07) is -0.799. The Morgan fingerprint density at radius 2 is 2.07 bits per heavy atom. The van der Waals surface area contributed by atoms with E-state index in [2.05, 4.69) is 15.5 Å². The highest BCUT2D eigenvalue weighted by Crippen LogP contribution is 2.48. The number of anilines is 1. The smallest absolute Gasteiger partial charge is 0.269 e. The van der Waals surface area contributed by atoms with Crippen molar-refractivity contribution >= 4 is 22.9 Å². The first-order valence-electron chi connectivity index (χ1n) is 9.30. The molecule has 0 bridgehead atoms. The number of hydrogen-bond donors (Lipinski definition) is 2. The molecule has 1 saturated heterocycles.